The van der Waals surface area contributed by atoms with E-state index in [1.807, 2.05) is 24.3 Å². The van der Waals surface area contributed by atoms with Gasteiger partial charge in [0, 0.05) is 18.0 Å². The van der Waals surface area contributed by atoms with Crippen LogP contribution in [0.1, 0.15) is 38.7 Å². The summed E-state index contributed by atoms with van der Waals surface area (Å²) in [5, 5.41) is 3.61. The lowest BCUT2D eigenvalue weighted by Crippen LogP contribution is -2.22. The molecule has 0 aliphatic carbocycles. The number of benzene rings is 1. The minimum atomic E-state index is 0.116. The standard InChI is InChI=1S/C14H20ClNO/c1-11(2)5-3-8-14(17)16-10-12-6-4-7-13(15)9-12/h4,6-7,9,11H,3,5,8,10H2,1-2H3,(H,16,17). The van der Waals surface area contributed by atoms with E-state index in [1.165, 1.54) is 0 Å². The minimum absolute atomic E-state index is 0.116. The Hall–Kier alpha value is -1.02. The van der Waals surface area contributed by atoms with Crippen molar-refractivity contribution in [2.45, 2.75) is 39.7 Å². The molecule has 3 heteroatoms. The third kappa shape index (κ3) is 6.32. The lowest BCUT2D eigenvalue weighted by atomic mass is 10.1. The molecule has 0 aromatic heterocycles. The zero-order valence-corrected chi connectivity index (χ0v) is 11.3. The maximum Gasteiger partial charge on any atom is 0.220 e. The van der Waals surface area contributed by atoms with Crippen LogP contribution in [0.3, 0.4) is 0 Å². The molecule has 0 radical (unpaired) electrons. The van der Waals surface area contributed by atoms with Crippen LogP contribution >= 0.6 is 11.6 Å². The van der Waals surface area contributed by atoms with E-state index in [4.69, 9.17) is 11.6 Å². The van der Waals surface area contributed by atoms with Crippen LogP contribution < -0.4 is 5.32 Å². The van der Waals surface area contributed by atoms with Crippen molar-refractivity contribution in [3.05, 3.63) is 34.9 Å². The molecule has 0 fully saturated rings. The quantitative estimate of drug-likeness (QED) is 0.821. The largest absolute Gasteiger partial charge is 0.352 e. The molecule has 0 saturated carbocycles. The predicted octanol–water partition coefficient (Wildman–Crippen LogP) is 3.78. The molecular formula is C14H20ClNO. The molecule has 1 amide bonds. The summed E-state index contributed by atoms with van der Waals surface area (Å²) in [6.45, 7) is 4.90. The van der Waals surface area contributed by atoms with Crippen LogP contribution in [0.4, 0.5) is 0 Å². The highest BCUT2D eigenvalue weighted by atomic mass is 35.5. The fourth-order valence-corrected chi connectivity index (χ4v) is 1.82. The minimum Gasteiger partial charge on any atom is -0.352 e. The monoisotopic (exact) mass is 253 g/mol. The van der Waals surface area contributed by atoms with Gasteiger partial charge in [-0.3, -0.25) is 4.79 Å². The smallest absolute Gasteiger partial charge is 0.220 e. The predicted molar refractivity (Wildman–Crippen MR) is 72.0 cm³/mol. The van der Waals surface area contributed by atoms with Gasteiger partial charge < -0.3 is 5.32 Å². The maximum absolute atomic E-state index is 11.5. The Morgan fingerprint density at radius 2 is 2.18 bits per heavy atom. The first-order valence-electron chi connectivity index (χ1n) is 6.09. The van der Waals surface area contributed by atoms with E-state index in [-0.39, 0.29) is 5.91 Å². The van der Waals surface area contributed by atoms with Gasteiger partial charge >= 0.3 is 0 Å². The Balaban J connectivity index is 2.24. The number of hydrogen-bond acceptors (Lipinski definition) is 1. The second kappa shape index (κ2) is 7.33. The van der Waals surface area contributed by atoms with Crippen molar-refractivity contribution >= 4 is 17.5 Å². The average molecular weight is 254 g/mol. The van der Waals surface area contributed by atoms with Crippen molar-refractivity contribution in [2.75, 3.05) is 0 Å². The number of carbonyl (C=O) groups is 1. The molecule has 94 valence electrons. The molecule has 0 spiro atoms. The fraction of sp³-hybridized carbons (Fsp3) is 0.500. The first kappa shape index (κ1) is 14.0. The van der Waals surface area contributed by atoms with Crippen molar-refractivity contribution < 1.29 is 4.79 Å². The van der Waals surface area contributed by atoms with Crippen LogP contribution in [0.15, 0.2) is 24.3 Å². The second-order valence-electron chi connectivity index (χ2n) is 4.69. The van der Waals surface area contributed by atoms with Gasteiger partial charge in [0.2, 0.25) is 5.91 Å². The molecule has 2 nitrogen and oxygen atoms in total. The fourth-order valence-electron chi connectivity index (χ4n) is 1.61. The number of carbonyl (C=O) groups excluding carboxylic acids is 1. The van der Waals surface area contributed by atoms with Crippen LogP contribution in [-0.2, 0) is 11.3 Å². The molecule has 0 bridgehead atoms. The number of hydrogen-bond donors (Lipinski definition) is 1. The Bertz CT molecular complexity index is 363. The Kier molecular flexibility index (Phi) is 6.06. The number of amides is 1. The molecule has 1 aromatic carbocycles. The molecule has 1 N–H and O–H groups in total. The number of rotatable bonds is 6. The van der Waals surface area contributed by atoms with Gasteiger partial charge in [-0.15, -0.1) is 0 Å². The topological polar surface area (TPSA) is 29.1 Å². The van der Waals surface area contributed by atoms with Gasteiger partial charge in [-0.25, -0.2) is 0 Å². The van der Waals surface area contributed by atoms with E-state index < -0.39 is 0 Å². The van der Waals surface area contributed by atoms with E-state index in [9.17, 15) is 4.79 Å². The van der Waals surface area contributed by atoms with Crippen LogP contribution in [0.2, 0.25) is 5.02 Å². The second-order valence-corrected chi connectivity index (χ2v) is 5.13. The Morgan fingerprint density at radius 3 is 2.82 bits per heavy atom. The summed E-state index contributed by atoms with van der Waals surface area (Å²) < 4.78 is 0. The van der Waals surface area contributed by atoms with E-state index >= 15 is 0 Å². The molecule has 0 unspecified atom stereocenters. The van der Waals surface area contributed by atoms with E-state index in [0.29, 0.717) is 23.9 Å². The third-order valence-electron chi connectivity index (χ3n) is 2.56. The summed E-state index contributed by atoms with van der Waals surface area (Å²) in [6, 6.07) is 7.55. The van der Waals surface area contributed by atoms with E-state index in [0.717, 1.165) is 18.4 Å². The van der Waals surface area contributed by atoms with Gasteiger partial charge in [0.25, 0.3) is 0 Å². The summed E-state index contributed by atoms with van der Waals surface area (Å²) in [5.41, 5.74) is 1.04. The number of halogens is 1. The molecule has 1 aromatic rings. The average Bonchev–Trinajstić information content (AvgIpc) is 2.26. The molecule has 0 heterocycles. The Morgan fingerprint density at radius 1 is 1.41 bits per heavy atom. The number of nitrogens with one attached hydrogen (secondary N) is 1. The zero-order valence-electron chi connectivity index (χ0n) is 10.5. The molecule has 1 rings (SSSR count). The third-order valence-corrected chi connectivity index (χ3v) is 2.80. The van der Waals surface area contributed by atoms with Gasteiger partial charge in [-0.05, 0) is 30.0 Å². The molecule has 17 heavy (non-hydrogen) atoms. The summed E-state index contributed by atoms with van der Waals surface area (Å²) in [4.78, 5) is 11.5. The highest BCUT2D eigenvalue weighted by Gasteiger charge is 2.02. The molecule has 0 aliphatic heterocycles. The molecule has 0 atom stereocenters. The highest BCUT2D eigenvalue weighted by molar-refractivity contribution is 6.30. The van der Waals surface area contributed by atoms with Crippen LogP contribution in [0, 0.1) is 5.92 Å². The van der Waals surface area contributed by atoms with Crippen molar-refractivity contribution in [1.29, 1.82) is 0 Å². The van der Waals surface area contributed by atoms with Crippen LogP contribution in [-0.4, -0.2) is 5.91 Å². The summed E-state index contributed by atoms with van der Waals surface area (Å²) in [7, 11) is 0. The highest BCUT2D eigenvalue weighted by Crippen LogP contribution is 2.10. The summed E-state index contributed by atoms with van der Waals surface area (Å²) in [6.07, 6.45) is 2.67. The van der Waals surface area contributed by atoms with Gasteiger partial charge in [-0.2, -0.15) is 0 Å². The summed E-state index contributed by atoms with van der Waals surface area (Å²) in [5.74, 6) is 0.779. The summed E-state index contributed by atoms with van der Waals surface area (Å²) >= 11 is 5.87. The van der Waals surface area contributed by atoms with Crippen molar-refractivity contribution in [2.24, 2.45) is 5.92 Å². The molecule has 0 saturated heterocycles. The van der Waals surface area contributed by atoms with Crippen molar-refractivity contribution in [3.63, 3.8) is 0 Å². The normalized spacial score (nSPS) is 10.6. The first-order valence-corrected chi connectivity index (χ1v) is 6.47. The maximum atomic E-state index is 11.5. The van der Waals surface area contributed by atoms with E-state index in [2.05, 4.69) is 19.2 Å². The molecular weight excluding hydrogens is 234 g/mol. The lowest BCUT2D eigenvalue weighted by molar-refractivity contribution is -0.121. The zero-order chi connectivity index (χ0) is 12.7. The lowest BCUT2D eigenvalue weighted by Gasteiger charge is -2.07. The van der Waals surface area contributed by atoms with Crippen molar-refractivity contribution in [3.8, 4) is 0 Å². The van der Waals surface area contributed by atoms with Gasteiger partial charge in [0.1, 0.15) is 0 Å². The van der Waals surface area contributed by atoms with Gasteiger partial charge in [0.05, 0.1) is 0 Å². The van der Waals surface area contributed by atoms with Gasteiger partial charge in [0.15, 0.2) is 0 Å². The van der Waals surface area contributed by atoms with E-state index in [1.54, 1.807) is 0 Å². The Labute approximate surface area is 108 Å². The van der Waals surface area contributed by atoms with Gasteiger partial charge in [-0.1, -0.05) is 44.0 Å². The first-order chi connectivity index (χ1) is 8.08. The van der Waals surface area contributed by atoms with Crippen LogP contribution in [0.25, 0.3) is 0 Å². The SMILES string of the molecule is CC(C)CCCC(=O)NCc1cccc(Cl)c1. The molecule has 0 aliphatic rings. The van der Waals surface area contributed by atoms with Crippen LogP contribution in [0.5, 0.6) is 0 Å². The van der Waals surface area contributed by atoms with Crippen molar-refractivity contribution in [1.82, 2.24) is 5.32 Å².